The lowest BCUT2D eigenvalue weighted by molar-refractivity contribution is 0.644. The van der Waals surface area contributed by atoms with E-state index in [1.807, 2.05) is 6.20 Å². The molecule has 1 aliphatic rings. The Morgan fingerprint density at radius 1 is 1.50 bits per heavy atom. The van der Waals surface area contributed by atoms with Crippen molar-refractivity contribution in [2.45, 2.75) is 32.7 Å². The molecule has 3 nitrogen and oxygen atoms in total. The van der Waals surface area contributed by atoms with Gasteiger partial charge in [0.25, 0.3) is 0 Å². The SMILES string of the molecule is CC(C)CNc1ccc(C2CCCN2)cn1. The van der Waals surface area contributed by atoms with Crippen molar-refractivity contribution in [1.29, 1.82) is 0 Å². The fourth-order valence-electron chi connectivity index (χ4n) is 1.99. The molecule has 1 aromatic heterocycles. The second-order valence-electron chi connectivity index (χ2n) is 4.90. The van der Waals surface area contributed by atoms with Crippen LogP contribution in [0.25, 0.3) is 0 Å². The summed E-state index contributed by atoms with van der Waals surface area (Å²) < 4.78 is 0. The smallest absolute Gasteiger partial charge is 0.125 e. The average Bonchev–Trinajstić information content (AvgIpc) is 2.80. The molecule has 1 aliphatic heterocycles. The summed E-state index contributed by atoms with van der Waals surface area (Å²) in [4.78, 5) is 4.44. The first kappa shape index (κ1) is 11.4. The van der Waals surface area contributed by atoms with Gasteiger partial charge in [0.2, 0.25) is 0 Å². The highest BCUT2D eigenvalue weighted by molar-refractivity contribution is 5.36. The minimum absolute atomic E-state index is 0.520. The summed E-state index contributed by atoms with van der Waals surface area (Å²) in [5, 5.41) is 6.81. The van der Waals surface area contributed by atoms with Gasteiger partial charge in [0.15, 0.2) is 0 Å². The lowest BCUT2D eigenvalue weighted by Gasteiger charge is -2.12. The first-order valence-corrected chi connectivity index (χ1v) is 6.19. The topological polar surface area (TPSA) is 37.0 Å². The maximum Gasteiger partial charge on any atom is 0.125 e. The number of aromatic nitrogens is 1. The van der Waals surface area contributed by atoms with Gasteiger partial charge in [-0.15, -0.1) is 0 Å². The number of hydrogen-bond donors (Lipinski definition) is 2. The van der Waals surface area contributed by atoms with Gasteiger partial charge in [0, 0.05) is 18.8 Å². The molecule has 2 heterocycles. The molecule has 0 aliphatic carbocycles. The Balaban J connectivity index is 1.93. The second-order valence-corrected chi connectivity index (χ2v) is 4.90. The fraction of sp³-hybridized carbons (Fsp3) is 0.615. The summed E-state index contributed by atoms with van der Waals surface area (Å²) in [6.45, 7) is 6.51. The highest BCUT2D eigenvalue weighted by atomic mass is 15.0. The molecule has 1 unspecified atom stereocenters. The third kappa shape index (κ3) is 2.95. The largest absolute Gasteiger partial charge is 0.370 e. The molecule has 1 saturated heterocycles. The van der Waals surface area contributed by atoms with Crippen molar-refractivity contribution in [3.63, 3.8) is 0 Å². The molecule has 0 bridgehead atoms. The summed E-state index contributed by atoms with van der Waals surface area (Å²) >= 11 is 0. The van der Waals surface area contributed by atoms with Crippen LogP contribution in [0, 0.1) is 5.92 Å². The van der Waals surface area contributed by atoms with Crippen molar-refractivity contribution >= 4 is 5.82 Å². The molecule has 0 radical (unpaired) electrons. The van der Waals surface area contributed by atoms with Gasteiger partial charge >= 0.3 is 0 Å². The zero-order valence-corrected chi connectivity index (χ0v) is 10.2. The van der Waals surface area contributed by atoms with Crippen molar-refractivity contribution < 1.29 is 0 Å². The van der Waals surface area contributed by atoms with Gasteiger partial charge in [-0.1, -0.05) is 19.9 Å². The third-order valence-corrected chi connectivity index (χ3v) is 2.94. The zero-order valence-electron chi connectivity index (χ0n) is 10.2. The van der Waals surface area contributed by atoms with Gasteiger partial charge in [-0.3, -0.25) is 0 Å². The van der Waals surface area contributed by atoms with E-state index in [2.05, 4.69) is 41.6 Å². The Kier molecular flexibility index (Phi) is 3.78. The summed E-state index contributed by atoms with van der Waals surface area (Å²) in [6.07, 6.45) is 4.50. The Morgan fingerprint density at radius 3 is 2.94 bits per heavy atom. The Hall–Kier alpha value is -1.09. The van der Waals surface area contributed by atoms with Crippen LogP contribution in [0.5, 0.6) is 0 Å². The van der Waals surface area contributed by atoms with Crippen molar-refractivity contribution in [2.75, 3.05) is 18.4 Å². The molecular weight excluding hydrogens is 198 g/mol. The van der Waals surface area contributed by atoms with Crippen LogP contribution in [0.2, 0.25) is 0 Å². The van der Waals surface area contributed by atoms with E-state index in [4.69, 9.17) is 0 Å². The van der Waals surface area contributed by atoms with Crippen LogP contribution in [0.15, 0.2) is 18.3 Å². The number of nitrogens with one attached hydrogen (secondary N) is 2. The summed E-state index contributed by atoms with van der Waals surface area (Å²) in [5.74, 6) is 1.63. The molecule has 0 amide bonds. The van der Waals surface area contributed by atoms with Crippen LogP contribution in [0.3, 0.4) is 0 Å². The number of nitrogens with zero attached hydrogens (tertiary/aromatic N) is 1. The lowest BCUT2D eigenvalue weighted by atomic mass is 10.1. The van der Waals surface area contributed by atoms with Crippen LogP contribution < -0.4 is 10.6 Å². The molecule has 88 valence electrons. The first-order valence-electron chi connectivity index (χ1n) is 6.19. The number of hydrogen-bond acceptors (Lipinski definition) is 3. The monoisotopic (exact) mass is 219 g/mol. The van der Waals surface area contributed by atoms with E-state index in [9.17, 15) is 0 Å². The Morgan fingerprint density at radius 2 is 2.38 bits per heavy atom. The van der Waals surface area contributed by atoms with Crippen LogP contribution in [-0.4, -0.2) is 18.1 Å². The number of pyridine rings is 1. The van der Waals surface area contributed by atoms with E-state index < -0.39 is 0 Å². The summed E-state index contributed by atoms with van der Waals surface area (Å²) in [6, 6.07) is 4.78. The van der Waals surface area contributed by atoms with Crippen molar-refractivity contribution in [1.82, 2.24) is 10.3 Å². The van der Waals surface area contributed by atoms with Crippen LogP contribution >= 0.6 is 0 Å². The van der Waals surface area contributed by atoms with Crippen molar-refractivity contribution in [2.24, 2.45) is 5.92 Å². The van der Waals surface area contributed by atoms with Gasteiger partial charge < -0.3 is 10.6 Å². The maximum absolute atomic E-state index is 4.44. The van der Waals surface area contributed by atoms with Crippen LogP contribution in [-0.2, 0) is 0 Å². The predicted molar refractivity (Wildman–Crippen MR) is 67.5 cm³/mol. The predicted octanol–water partition coefficient (Wildman–Crippen LogP) is 2.57. The Bertz CT molecular complexity index is 312. The van der Waals surface area contributed by atoms with Gasteiger partial charge in [-0.25, -0.2) is 4.98 Å². The van der Waals surface area contributed by atoms with Gasteiger partial charge in [0.05, 0.1) is 0 Å². The van der Waals surface area contributed by atoms with E-state index >= 15 is 0 Å². The zero-order chi connectivity index (χ0) is 11.4. The minimum Gasteiger partial charge on any atom is -0.370 e. The maximum atomic E-state index is 4.44. The molecule has 3 heteroatoms. The van der Waals surface area contributed by atoms with E-state index in [1.54, 1.807) is 0 Å². The molecular formula is C13H21N3. The van der Waals surface area contributed by atoms with Gasteiger partial charge in [-0.05, 0) is 36.9 Å². The molecule has 0 spiro atoms. The highest BCUT2D eigenvalue weighted by Crippen LogP contribution is 2.22. The van der Waals surface area contributed by atoms with Crippen molar-refractivity contribution in [3.05, 3.63) is 23.9 Å². The molecule has 1 aromatic rings. The average molecular weight is 219 g/mol. The van der Waals surface area contributed by atoms with Gasteiger partial charge in [0.1, 0.15) is 5.82 Å². The van der Waals surface area contributed by atoms with E-state index in [1.165, 1.54) is 18.4 Å². The summed E-state index contributed by atoms with van der Waals surface area (Å²) in [7, 11) is 0. The molecule has 2 N–H and O–H groups in total. The molecule has 16 heavy (non-hydrogen) atoms. The number of anilines is 1. The Labute approximate surface area is 97.7 Å². The normalized spacial score (nSPS) is 20.3. The van der Waals surface area contributed by atoms with E-state index in [0.717, 1.165) is 18.9 Å². The molecule has 1 fully saturated rings. The highest BCUT2D eigenvalue weighted by Gasteiger charge is 2.15. The van der Waals surface area contributed by atoms with E-state index in [0.29, 0.717) is 12.0 Å². The van der Waals surface area contributed by atoms with E-state index in [-0.39, 0.29) is 0 Å². The summed E-state index contributed by atoms with van der Waals surface area (Å²) in [5.41, 5.74) is 1.31. The van der Waals surface area contributed by atoms with Crippen molar-refractivity contribution in [3.8, 4) is 0 Å². The second kappa shape index (κ2) is 5.30. The standard InChI is InChI=1S/C13H21N3/c1-10(2)8-15-13-6-5-11(9-16-13)12-4-3-7-14-12/h5-6,9-10,12,14H,3-4,7-8H2,1-2H3,(H,15,16). The van der Waals surface area contributed by atoms with Crippen LogP contribution in [0.4, 0.5) is 5.82 Å². The lowest BCUT2D eigenvalue weighted by Crippen LogP contribution is -2.13. The fourth-order valence-corrected chi connectivity index (χ4v) is 1.99. The molecule has 0 saturated carbocycles. The third-order valence-electron chi connectivity index (χ3n) is 2.94. The number of rotatable bonds is 4. The van der Waals surface area contributed by atoms with Gasteiger partial charge in [-0.2, -0.15) is 0 Å². The molecule has 0 aromatic carbocycles. The minimum atomic E-state index is 0.520. The molecule has 1 atom stereocenters. The van der Waals surface area contributed by atoms with Crippen LogP contribution in [0.1, 0.15) is 38.3 Å². The first-order chi connectivity index (χ1) is 7.75. The quantitative estimate of drug-likeness (QED) is 0.817. The molecule has 2 rings (SSSR count).